The normalized spacial score (nSPS) is 17.5. The summed E-state index contributed by atoms with van der Waals surface area (Å²) in [5.74, 6) is 0. The molecule has 0 bridgehead atoms. The third-order valence-electron chi connectivity index (χ3n) is 8.07. The smallest absolute Gasteiger partial charge is 0.216 e. The molecule has 33 heavy (non-hydrogen) atoms. The van der Waals surface area contributed by atoms with Crippen molar-refractivity contribution in [2.45, 2.75) is 84.5 Å². The Labute approximate surface area is 198 Å². The van der Waals surface area contributed by atoms with Crippen LogP contribution in [-0.2, 0) is 23.3 Å². The summed E-state index contributed by atoms with van der Waals surface area (Å²) < 4.78 is 8.98. The van der Waals surface area contributed by atoms with E-state index in [1.165, 1.54) is 57.1 Å². The van der Waals surface area contributed by atoms with E-state index in [2.05, 4.69) is 110 Å². The van der Waals surface area contributed by atoms with Crippen LogP contribution in [-0.4, -0.2) is 0 Å². The Hall–Kier alpha value is -2.61. The summed E-state index contributed by atoms with van der Waals surface area (Å²) in [7, 11) is 2.16. The number of nitrogens with zero attached hydrogens (tertiary/aromatic N) is 1. The zero-order valence-electron chi connectivity index (χ0n) is 21.8. The topological polar surface area (TPSA) is 17.0 Å². The van der Waals surface area contributed by atoms with E-state index in [-0.39, 0.29) is 16.2 Å². The molecule has 172 valence electrons. The van der Waals surface area contributed by atoms with Crippen LogP contribution in [0.15, 0.2) is 47.0 Å². The Morgan fingerprint density at radius 2 is 1.55 bits per heavy atom. The largest absolute Gasteiger partial charge is 0.455 e. The summed E-state index contributed by atoms with van der Waals surface area (Å²) in [6.07, 6.45) is 4.59. The highest BCUT2D eigenvalue weighted by molar-refractivity contribution is 6.12. The number of benzene rings is 2. The van der Waals surface area contributed by atoms with Crippen LogP contribution < -0.4 is 4.57 Å². The monoisotopic (exact) mass is 440 g/mol. The number of furan rings is 1. The first kappa shape index (κ1) is 22.2. The van der Waals surface area contributed by atoms with Crippen molar-refractivity contribution in [3.05, 3.63) is 64.8 Å². The SMILES string of the molecule is Cc1c2c(c3c(oc4ccccc43)c1-c1cc(C(C)(C)C)cc[n+]1C)C(C)(C)CCC2(C)C. The summed E-state index contributed by atoms with van der Waals surface area (Å²) in [5.41, 5.74) is 10.5. The van der Waals surface area contributed by atoms with Gasteiger partial charge in [-0.25, -0.2) is 4.57 Å². The zero-order chi connectivity index (χ0) is 23.9. The molecule has 4 aromatic rings. The lowest BCUT2D eigenvalue weighted by molar-refractivity contribution is -0.660. The number of aryl methyl sites for hydroxylation is 1. The number of hydrogen-bond donors (Lipinski definition) is 0. The predicted octanol–water partition coefficient (Wildman–Crippen LogP) is 8.03. The second-order valence-corrected chi connectivity index (χ2v) is 12.5. The number of hydrogen-bond acceptors (Lipinski definition) is 1. The van der Waals surface area contributed by atoms with Gasteiger partial charge in [-0.3, -0.25) is 0 Å². The maximum atomic E-state index is 6.71. The van der Waals surface area contributed by atoms with Gasteiger partial charge in [-0.1, -0.05) is 66.7 Å². The molecular formula is C31H38NO+. The quantitative estimate of drug-likeness (QED) is 0.274. The van der Waals surface area contributed by atoms with E-state index in [0.717, 1.165) is 11.2 Å². The number of para-hydroxylation sites is 1. The van der Waals surface area contributed by atoms with E-state index >= 15 is 0 Å². The van der Waals surface area contributed by atoms with Crippen molar-refractivity contribution in [1.29, 1.82) is 0 Å². The van der Waals surface area contributed by atoms with Crippen molar-refractivity contribution < 1.29 is 8.98 Å². The van der Waals surface area contributed by atoms with Gasteiger partial charge in [-0.15, -0.1) is 0 Å². The van der Waals surface area contributed by atoms with Crippen LogP contribution in [0.2, 0.25) is 0 Å². The highest BCUT2D eigenvalue weighted by Gasteiger charge is 2.42. The van der Waals surface area contributed by atoms with E-state index in [4.69, 9.17) is 4.42 Å². The van der Waals surface area contributed by atoms with Crippen molar-refractivity contribution in [3.63, 3.8) is 0 Å². The van der Waals surface area contributed by atoms with Crippen molar-refractivity contribution in [2.75, 3.05) is 0 Å². The Morgan fingerprint density at radius 3 is 2.21 bits per heavy atom. The average molecular weight is 441 g/mol. The van der Waals surface area contributed by atoms with E-state index in [1.54, 1.807) is 0 Å². The summed E-state index contributed by atoms with van der Waals surface area (Å²) in [5, 5.41) is 2.56. The van der Waals surface area contributed by atoms with Gasteiger partial charge in [0.25, 0.3) is 0 Å². The minimum atomic E-state index is 0.0827. The molecule has 0 atom stereocenters. The lowest BCUT2D eigenvalue weighted by atomic mass is 9.60. The lowest BCUT2D eigenvalue weighted by Gasteiger charge is -2.43. The zero-order valence-corrected chi connectivity index (χ0v) is 21.8. The Bertz CT molecular complexity index is 1410. The lowest BCUT2D eigenvalue weighted by Crippen LogP contribution is -2.36. The third kappa shape index (κ3) is 3.25. The van der Waals surface area contributed by atoms with Crippen molar-refractivity contribution in [1.82, 2.24) is 0 Å². The molecular weight excluding hydrogens is 402 g/mol. The molecule has 0 N–H and O–H groups in total. The molecule has 0 saturated carbocycles. The molecule has 2 nitrogen and oxygen atoms in total. The second-order valence-electron chi connectivity index (χ2n) is 12.5. The maximum absolute atomic E-state index is 6.71. The molecule has 0 unspecified atom stereocenters. The minimum absolute atomic E-state index is 0.0827. The van der Waals surface area contributed by atoms with Gasteiger partial charge in [0.15, 0.2) is 6.20 Å². The van der Waals surface area contributed by atoms with E-state index in [9.17, 15) is 0 Å². The van der Waals surface area contributed by atoms with E-state index < -0.39 is 0 Å². The van der Waals surface area contributed by atoms with Crippen LogP contribution in [0, 0.1) is 6.92 Å². The summed E-state index contributed by atoms with van der Waals surface area (Å²) >= 11 is 0. The van der Waals surface area contributed by atoms with Crippen LogP contribution in [0.1, 0.15) is 83.6 Å². The number of aromatic nitrogens is 1. The van der Waals surface area contributed by atoms with Crippen LogP contribution in [0.5, 0.6) is 0 Å². The van der Waals surface area contributed by atoms with Gasteiger partial charge in [-0.05, 0) is 64.3 Å². The number of pyridine rings is 1. The van der Waals surface area contributed by atoms with E-state index in [0.29, 0.717) is 0 Å². The van der Waals surface area contributed by atoms with E-state index in [1.807, 2.05) is 0 Å². The first-order chi connectivity index (χ1) is 15.3. The van der Waals surface area contributed by atoms with Crippen molar-refractivity contribution in [2.24, 2.45) is 7.05 Å². The van der Waals surface area contributed by atoms with Crippen molar-refractivity contribution in [3.8, 4) is 11.3 Å². The highest BCUT2D eigenvalue weighted by atomic mass is 16.3. The molecule has 1 aliphatic carbocycles. The molecule has 0 spiro atoms. The minimum Gasteiger partial charge on any atom is -0.455 e. The molecule has 0 saturated heterocycles. The summed E-state index contributed by atoms with van der Waals surface area (Å²) in [6.45, 7) is 18.9. The fraction of sp³-hybridized carbons (Fsp3) is 0.452. The van der Waals surface area contributed by atoms with Crippen LogP contribution in [0.4, 0.5) is 0 Å². The van der Waals surface area contributed by atoms with Crippen LogP contribution >= 0.6 is 0 Å². The van der Waals surface area contributed by atoms with Gasteiger partial charge in [0.05, 0.1) is 5.56 Å². The molecule has 2 heteroatoms. The second kappa shape index (κ2) is 6.95. The van der Waals surface area contributed by atoms with Gasteiger partial charge in [0.2, 0.25) is 5.69 Å². The van der Waals surface area contributed by atoms with Crippen molar-refractivity contribution >= 4 is 21.9 Å². The first-order valence-corrected chi connectivity index (χ1v) is 12.3. The third-order valence-corrected chi connectivity index (χ3v) is 8.07. The fourth-order valence-electron chi connectivity index (χ4n) is 6.07. The molecule has 0 fully saturated rings. The number of fused-ring (bicyclic) bond motifs is 5. The predicted molar refractivity (Wildman–Crippen MR) is 139 cm³/mol. The Morgan fingerprint density at radius 1 is 0.909 bits per heavy atom. The summed E-state index contributed by atoms with van der Waals surface area (Å²) in [4.78, 5) is 0. The molecule has 2 aromatic carbocycles. The molecule has 0 aliphatic heterocycles. The molecule has 0 radical (unpaired) electrons. The molecule has 2 aromatic heterocycles. The van der Waals surface area contributed by atoms with Gasteiger partial charge < -0.3 is 4.42 Å². The Balaban J connectivity index is 2.03. The number of rotatable bonds is 1. The maximum Gasteiger partial charge on any atom is 0.216 e. The molecule has 2 heterocycles. The standard InChI is InChI=1S/C31H38NO/c1-19-24(22-18-20(29(2,3)4)14-17-32(22)9)28-25(21-12-10-11-13-23(21)33-28)27-26(19)30(5,6)15-16-31(27,7)8/h10-14,17-18H,15-16H2,1-9H3/q+1. The molecule has 5 rings (SSSR count). The van der Waals surface area contributed by atoms with Crippen LogP contribution in [0.3, 0.4) is 0 Å². The van der Waals surface area contributed by atoms with Gasteiger partial charge in [0.1, 0.15) is 18.2 Å². The molecule has 1 aliphatic rings. The van der Waals surface area contributed by atoms with Gasteiger partial charge >= 0.3 is 0 Å². The van der Waals surface area contributed by atoms with Gasteiger partial charge in [0, 0.05) is 22.9 Å². The highest BCUT2D eigenvalue weighted by Crippen LogP contribution is 2.54. The van der Waals surface area contributed by atoms with Gasteiger partial charge in [-0.2, -0.15) is 0 Å². The Kier molecular flexibility index (Phi) is 4.67. The first-order valence-electron chi connectivity index (χ1n) is 12.3. The fourth-order valence-corrected chi connectivity index (χ4v) is 6.07. The summed E-state index contributed by atoms with van der Waals surface area (Å²) in [6, 6.07) is 13.2. The molecule has 0 amide bonds. The average Bonchev–Trinajstić information content (AvgIpc) is 3.09. The van der Waals surface area contributed by atoms with Crippen LogP contribution in [0.25, 0.3) is 33.2 Å².